The highest BCUT2D eigenvalue weighted by Gasteiger charge is 2.43. The smallest absolute Gasteiger partial charge is 0.306 e. The Morgan fingerprint density at radius 1 is 0.296 bits per heavy atom. The molecule has 9 atom stereocenters. The molecule has 81 heavy (non-hydrogen) atoms. The summed E-state index contributed by atoms with van der Waals surface area (Å²) in [7, 11) is 0. The van der Waals surface area contributed by atoms with E-state index in [1.54, 1.807) is 0 Å². The van der Waals surface area contributed by atoms with E-state index < -0.39 is 18.3 Å². The van der Waals surface area contributed by atoms with Crippen molar-refractivity contribution in [3.8, 4) is 0 Å². The largest absolute Gasteiger partial charge is 0.462 e. The van der Waals surface area contributed by atoms with E-state index >= 15 is 0 Å². The van der Waals surface area contributed by atoms with E-state index in [0.717, 1.165) is 154 Å². The second-order valence-corrected chi connectivity index (χ2v) is 24.5. The molecule has 0 saturated carbocycles. The topological polar surface area (TPSA) is 169 Å². The van der Waals surface area contributed by atoms with Gasteiger partial charge < -0.3 is 37.9 Å². The predicted octanol–water partition coefficient (Wildman–Crippen LogP) is 17.5. The Balaban J connectivity index is 1.38. The van der Waals surface area contributed by atoms with Gasteiger partial charge in [-0.05, 0) is 77.0 Å². The monoisotopic (exact) mass is 1150 g/mol. The molecule has 0 radical (unpaired) electrons. The molecular formula is C68H122O13. The standard InChI is InChI=1S/C68H122O13/c1-6-11-16-18-23-33-42-56-58(77-56)44-35-25-20-28-38-47-64(69)74-53-55(76-66(71)51-40-30-22-26-36-45-59-57(78-59)43-34-24-19-17-12-7-2)54-75-65(70)48-39-29-21-27-37-46-61(80-67(72)49-31-13-8-3)63(81-68(73)50-32-14-9-4)52-62-60(79-62)41-15-10-5/h55-63H,6-54H2,1-5H3. The van der Waals surface area contributed by atoms with Gasteiger partial charge in [0.05, 0.1) is 36.6 Å². The van der Waals surface area contributed by atoms with Gasteiger partial charge in [0.25, 0.3) is 0 Å². The van der Waals surface area contributed by atoms with Crippen molar-refractivity contribution in [1.82, 2.24) is 0 Å². The van der Waals surface area contributed by atoms with Crippen molar-refractivity contribution in [2.45, 2.75) is 391 Å². The predicted molar refractivity (Wildman–Crippen MR) is 323 cm³/mol. The number of unbranched alkanes of at least 4 members (excludes halogenated alkanes) is 27. The maximum absolute atomic E-state index is 13.1. The van der Waals surface area contributed by atoms with Gasteiger partial charge in [-0.25, -0.2) is 0 Å². The Morgan fingerprint density at radius 3 is 1.00 bits per heavy atom. The SMILES string of the molecule is CCCCCCCCC1OC1CCCCCCCC(=O)OCC(COC(=O)CCCCCCCC(OC(=O)CCCCC)C(CC1OC1CCCC)OC(=O)CCCCC)OC(=O)CCCCCCCC1OC1CCCCCCCC. The van der Waals surface area contributed by atoms with Crippen molar-refractivity contribution in [1.29, 1.82) is 0 Å². The highest BCUT2D eigenvalue weighted by Crippen LogP contribution is 2.35. The Kier molecular flexibility index (Phi) is 43.4. The molecule has 3 aliphatic heterocycles. The summed E-state index contributed by atoms with van der Waals surface area (Å²) in [6.45, 7) is 10.6. The lowest BCUT2D eigenvalue weighted by molar-refractivity contribution is -0.170. The van der Waals surface area contributed by atoms with Gasteiger partial charge in [-0.3, -0.25) is 24.0 Å². The summed E-state index contributed by atoms with van der Waals surface area (Å²) in [5.74, 6) is -1.58. The molecular weight excluding hydrogens is 1020 g/mol. The van der Waals surface area contributed by atoms with Crippen LogP contribution in [0, 0.1) is 0 Å². The minimum absolute atomic E-state index is 0.00462. The van der Waals surface area contributed by atoms with E-state index in [1.165, 1.54) is 89.9 Å². The summed E-state index contributed by atoms with van der Waals surface area (Å²) < 4.78 is 47.1. The van der Waals surface area contributed by atoms with Crippen LogP contribution in [0.1, 0.15) is 336 Å². The molecule has 9 unspecified atom stereocenters. The summed E-state index contributed by atoms with van der Waals surface area (Å²) in [6, 6.07) is 0. The molecule has 13 nitrogen and oxygen atoms in total. The van der Waals surface area contributed by atoms with Gasteiger partial charge >= 0.3 is 29.8 Å². The number of hydrogen-bond acceptors (Lipinski definition) is 13. The zero-order valence-corrected chi connectivity index (χ0v) is 52.7. The van der Waals surface area contributed by atoms with Crippen LogP contribution in [0.3, 0.4) is 0 Å². The lowest BCUT2D eigenvalue weighted by Crippen LogP contribution is -2.36. The molecule has 0 spiro atoms. The van der Waals surface area contributed by atoms with Crippen molar-refractivity contribution >= 4 is 29.8 Å². The molecule has 0 N–H and O–H groups in total. The molecule has 3 heterocycles. The molecule has 0 aliphatic carbocycles. The molecule has 0 aromatic heterocycles. The van der Waals surface area contributed by atoms with E-state index in [1.807, 2.05) is 0 Å². The van der Waals surface area contributed by atoms with Crippen molar-refractivity contribution in [2.24, 2.45) is 0 Å². The van der Waals surface area contributed by atoms with Crippen molar-refractivity contribution in [3.05, 3.63) is 0 Å². The third kappa shape index (κ3) is 39.5. The van der Waals surface area contributed by atoms with E-state index in [9.17, 15) is 24.0 Å². The highest BCUT2D eigenvalue weighted by molar-refractivity contribution is 5.71. The number of esters is 5. The first-order chi connectivity index (χ1) is 39.6. The fraction of sp³-hybridized carbons (Fsp3) is 0.926. The molecule has 3 fully saturated rings. The van der Waals surface area contributed by atoms with Crippen LogP contribution in [-0.2, 0) is 61.9 Å². The van der Waals surface area contributed by atoms with Gasteiger partial charge in [-0.15, -0.1) is 0 Å². The summed E-state index contributed by atoms with van der Waals surface area (Å²) in [5.41, 5.74) is 0. The first-order valence-corrected chi connectivity index (χ1v) is 34.5. The molecule has 3 aliphatic rings. The van der Waals surface area contributed by atoms with Crippen LogP contribution >= 0.6 is 0 Å². The molecule has 0 bridgehead atoms. The first kappa shape index (κ1) is 72.5. The number of carbonyl (C=O) groups is 5. The molecule has 0 aromatic carbocycles. The molecule has 13 heteroatoms. The molecule has 472 valence electrons. The lowest BCUT2D eigenvalue weighted by atomic mass is 9.99. The molecule has 0 amide bonds. The van der Waals surface area contributed by atoms with Gasteiger partial charge in [0.1, 0.15) is 25.4 Å². The Hall–Kier alpha value is -2.77. The average molecular weight is 1150 g/mol. The van der Waals surface area contributed by atoms with Crippen LogP contribution in [0.25, 0.3) is 0 Å². The number of hydrogen-bond donors (Lipinski definition) is 0. The molecule has 3 rings (SSSR count). The van der Waals surface area contributed by atoms with Crippen LogP contribution in [0.5, 0.6) is 0 Å². The van der Waals surface area contributed by atoms with Crippen molar-refractivity contribution in [2.75, 3.05) is 13.2 Å². The van der Waals surface area contributed by atoms with Gasteiger partial charge in [-0.1, -0.05) is 221 Å². The Labute approximate surface area is 494 Å². The number of rotatable bonds is 59. The van der Waals surface area contributed by atoms with Gasteiger partial charge in [0, 0.05) is 38.5 Å². The normalized spacial score (nSPS) is 20.1. The van der Waals surface area contributed by atoms with Crippen LogP contribution in [-0.4, -0.2) is 98.0 Å². The fourth-order valence-electron chi connectivity index (χ4n) is 11.3. The maximum atomic E-state index is 13.1. The average Bonchev–Trinajstić information content (AvgIpc) is 4.41. The Morgan fingerprint density at radius 2 is 0.580 bits per heavy atom. The third-order valence-corrected chi connectivity index (χ3v) is 16.8. The summed E-state index contributed by atoms with van der Waals surface area (Å²) in [6.07, 6.45) is 45.6. The first-order valence-electron chi connectivity index (χ1n) is 34.5. The Bertz CT molecular complexity index is 1590. The second-order valence-electron chi connectivity index (χ2n) is 24.5. The summed E-state index contributed by atoms with van der Waals surface area (Å²) in [4.78, 5) is 65.1. The highest BCUT2D eigenvalue weighted by atomic mass is 16.6. The zero-order valence-electron chi connectivity index (χ0n) is 52.7. The molecule has 3 saturated heterocycles. The number of carbonyl (C=O) groups excluding carboxylic acids is 5. The van der Waals surface area contributed by atoms with Gasteiger partial charge in [0.15, 0.2) is 6.10 Å². The zero-order chi connectivity index (χ0) is 58.4. The van der Waals surface area contributed by atoms with Crippen LogP contribution in [0.15, 0.2) is 0 Å². The van der Waals surface area contributed by atoms with E-state index in [4.69, 9.17) is 37.9 Å². The number of ether oxygens (including phenoxy) is 8. The fourth-order valence-corrected chi connectivity index (χ4v) is 11.3. The van der Waals surface area contributed by atoms with E-state index in [-0.39, 0.29) is 68.1 Å². The lowest BCUT2D eigenvalue weighted by Gasteiger charge is -2.27. The minimum Gasteiger partial charge on any atom is -0.462 e. The summed E-state index contributed by atoms with van der Waals surface area (Å²) >= 11 is 0. The second kappa shape index (κ2) is 48.5. The van der Waals surface area contributed by atoms with Crippen molar-refractivity contribution < 1.29 is 61.9 Å². The van der Waals surface area contributed by atoms with E-state index in [0.29, 0.717) is 69.4 Å². The van der Waals surface area contributed by atoms with Gasteiger partial charge in [-0.2, -0.15) is 0 Å². The number of epoxide rings is 3. The van der Waals surface area contributed by atoms with Gasteiger partial charge in [0.2, 0.25) is 0 Å². The minimum atomic E-state index is -0.871. The van der Waals surface area contributed by atoms with Crippen LogP contribution in [0.2, 0.25) is 0 Å². The van der Waals surface area contributed by atoms with Crippen LogP contribution < -0.4 is 0 Å². The summed E-state index contributed by atoms with van der Waals surface area (Å²) in [5, 5.41) is 0. The molecule has 0 aromatic rings. The van der Waals surface area contributed by atoms with Crippen LogP contribution in [0.4, 0.5) is 0 Å². The van der Waals surface area contributed by atoms with E-state index in [2.05, 4.69) is 34.6 Å². The quantitative estimate of drug-likeness (QED) is 0.0244. The van der Waals surface area contributed by atoms with Crippen molar-refractivity contribution in [3.63, 3.8) is 0 Å². The maximum Gasteiger partial charge on any atom is 0.306 e. The third-order valence-electron chi connectivity index (χ3n) is 16.8.